The van der Waals surface area contributed by atoms with Gasteiger partial charge in [0, 0.05) is 13.1 Å². The minimum absolute atomic E-state index is 0.0369. The summed E-state index contributed by atoms with van der Waals surface area (Å²) in [5, 5.41) is -0.0369. The van der Waals surface area contributed by atoms with Crippen molar-refractivity contribution in [3.8, 4) is 0 Å². The van der Waals surface area contributed by atoms with Gasteiger partial charge in [0.05, 0.1) is 10.6 Å². The summed E-state index contributed by atoms with van der Waals surface area (Å²) >= 11 is 5.85. The van der Waals surface area contributed by atoms with E-state index in [1.54, 1.807) is 0 Å². The third kappa shape index (κ3) is 5.70. The van der Waals surface area contributed by atoms with Crippen molar-refractivity contribution in [1.29, 1.82) is 0 Å². The van der Waals surface area contributed by atoms with E-state index in [2.05, 4.69) is 17.9 Å². The normalized spacial score (nSPS) is 10.8. The first-order valence-corrected chi connectivity index (χ1v) is 9.02. The number of carbonyl (C=O) groups is 2. The highest BCUT2D eigenvalue weighted by molar-refractivity contribution is 7.89. The number of nitrogens with one attached hydrogen (secondary N) is 1. The molecule has 0 bridgehead atoms. The van der Waals surface area contributed by atoms with Crippen LogP contribution in [-0.4, -0.2) is 51.9 Å². The molecule has 0 unspecified atom stereocenters. The van der Waals surface area contributed by atoms with E-state index in [0.29, 0.717) is 0 Å². The third-order valence-electron chi connectivity index (χ3n) is 3.10. The molecule has 0 aliphatic rings. The molecule has 1 aromatic rings. The smallest absolute Gasteiger partial charge is 0.338 e. The van der Waals surface area contributed by atoms with Crippen LogP contribution in [0.1, 0.15) is 10.4 Å². The van der Waals surface area contributed by atoms with E-state index in [1.165, 1.54) is 36.2 Å². The van der Waals surface area contributed by atoms with Gasteiger partial charge in [-0.1, -0.05) is 23.8 Å². The van der Waals surface area contributed by atoms with Crippen LogP contribution >= 0.6 is 11.6 Å². The van der Waals surface area contributed by atoms with Crippen molar-refractivity contribution in [2.45, 2.75) is 4.90 Å². The maximum atomic E-state index is 12.1. The van der Waals surface area contributed by atoms with Gasteiger partial charge in [-0.2, -0.15) is 0 Å². The number of amides is 1. The largest absolute Gasteiger partial charge is 0.452 e. The van der Waals surface area contributed by atoms with Crippen molar-refractivity contribution in [2.75, 3.05) is 26.7 Å². The van der Waals surface area contributed by atoms with Crippen molar-refractivity contribution < 1.29 is 22.7 Å². The summed E-state index contributed by atoms with van der Waals surface area (Å²) in [6.07, 6.45) is 3.08. The minimum atomic E-state index is -3.83. The molecule has 1 rings (SSSR count). The first-order valence-electron chi connectivity index (χ1n) is 7.16. The van der Waals surface area contributed by atoms with Crippen LogP contribution in [-0.2, 0) is 19.6 Å². The number of sulfonamides is 1. The van der Waals surface area contributed by atoms with Gasteiger partial charge in [-0.3, -0.25) is 4.79 Å². The zero-order valence-corrected chi connectivity index (χ0v) is 15.3. The van der Waals surface area contributed by atoms with Crippen LogP contribution in [0.4, 0.5) is 0 Å². The van der Waals surface area contributed by atoms with Crippen LogP contribution < -0.4 is 4.72 Å². The maximum absolute atomic E-state index is 12.1. The molecule has 0 atom stereocenters. The van der Waals surface area contributed by atoms with Crippen LogP contribution in [0.5, 0.6) is 0 Å². The van der Waals surface area contributed by atoms with Gasteiger partial charge in [-0.15, -0.1) is 13.2 Å². The molecule has 0 saturated carbocycles. The first-order chi connectivity index (χ1) is 11.8. The van der Waals surface area contributed by atoms with Gasteiger partial charge in [0.1, 0.15) is 4.90 Å². The van der Waals surface area contributed by atoms with Gasteiger partial charge in [-0.25, -0.2) is 17.9 Å². The molecule has 9 heteroatoms. The molecule has 0 aromatic heterocycles. The monoisotopic (exact) mass is 386 g/mol. The molecular formula is C16H19ClN2O5S. The lowest BCUT2D eigenvalue weighted by molar-refractivity contribution is -0.133. The van der Waals surface area contributed by atoms with Crippen molar-refractivity contribution in [3.05, 3.63) is 54.1 Å². The SMILES string of the molecule is C=CCN(CC=C)C(=O)COC(=O)c1ccc(Cl)c(S(=O)(=O)NC)c1. The van der Waals surface area contributed by atoms with E-state index < -0.39 is 28.5 Å². The van der Waals surface area contributed by atoms with Crippen molar-refractivity contribution >= 4 is 33.5 Å². The molecule has 0 fully saturated rings. The highest BCUT2D eigenvalue weighted by atomic mass is 35.5. The van der Waals surface area contributed by atoms with E-state index >= 15 is 0 Å². The molecule has 0 heterocycles. The minimum Gasteiger partial charge on any atom is -0.452 e. The lowest BCUT2D eigenvalue weighted by Crippen LogP contribution is -2.35. The number of nitrogens with zero attached hydrogens (tertiary/aromatic N) is 1. The average Bonchev–Trinajstić information content (AvgIpc) is 2.59. The van der Waals surface area contributed by atoms with Crippen molar-refractivity contribution in [2.24, 2.45) is 0 Å². The summed E-state index contributed by atoms with van der Waals surface area (Å²) in [6.45, 7) is 7.17. The third-order valence-corrected chi connectivity index (χ3v) is 5.00. The maximum Gasteiger partial charge on any atom is 0.338 e. The van der Waals surface area contributed by atoms with Gasteiger partial charge in [0.25, 0.3) is 5.91 Å². The molecule has 0 radical (unpaired) electrons. The number of rotatable bonds is 9. The second-order valence-corrected chi connectivity index (χ2v) is 7.07. The molecule has 0 saturated heterocycles. The van der Waals surface area contributed by atoms with Gasteiger partial charge >= 0.3 is 5.97 Å². The Kier molecular flexibility index (Phi) is 7.82. The van der Waals surface area contributed by atoms with Gasteiger partial charge in [0.2, 0.25) is 10.0 Å². The van der Waals surface area contributed by atoms with E-state index in [9.17, 15) is 18.0 Å². The Hall–Kier alpha value is -2.16. The van der Waals surface area contributed by atoms with E-state index in [0.717, 1.165) is 6.07 Å². The zero-order valence-electron chi connectivity index (χ0n) is 13.7. The van der Waals surface area contributed by atoms with Gasteiger partial charge in [0.15, 0.2) is 6.61 Å². The van der Waals surface area contributed by atoms with Crippen LogP contribution in [0.25, 0.3) is 0 Å². The number of halogens is 1. The molecule has 1 amide bonds. The van der Waals surface area contributed by atoms with Crippen LogP contribution in [0.2, 0.25) is 5.02 Å². The van der Waals surface area contributed by atoms with E-state index in [-0.39, 0.29) is 28.6 Å². The fourth-order valence-electron chi connectivity index (χ4n) is 1.84. The quantitative estimate of drug-likeness (QED) is 0.514. The molecule has 0 aliphatic heterocycles. The highest BCUT2D eigenvalue weighted by Gasteiger charge is 2.20. The lowest BCUT2D eigenvalue weighted by Gasteiger charge is -2.19. The topological polar surface area (TPSA) is 92.8 Å². The number of ether oxygens (including phenoxy) is 1. The summed E-state index contributed by atoms with van der Waals surface area (Å²) in [5.41, 5.74) is -0.0370. The Balaban J connectivity index is 2.88. The van der Waals surface area contributed by atoms with Crippen LogP contribution in [0, 0.1) is 0 Å². The van der Waals surface area contributed by atoms with Gasteiger partial charge in [-0.05, 0) is 25.2 Å². The standard InChI is InChI=1S/C16H19ClN2O5S/c1-4-8-19(9-5-2)15(20)11-24-16(21)12-6-7-13(17)14(10-12)25(22,23)18-3/h4-7,10,18H,1-2,8-9,11H2,3H3. The number of carbonyl (C=O) groups excluding carboxylic acids is 2. The summed E-state index contributed by atoms with van der Waals surface area (Å²) < 4.78 is 30.8. The zero-order chi connectivity index (χ0) is 19.0. The Morgan fingerprint density at radius 2 is 1.88 bits per heavy atom. The highest BCUT2D eigenvalue weighted by Crippen LogP contribution is 2.22. The Labute approximate surface area is 152 Å². The Bertz CT molecular complexity index is 767. The number of hydrogen-bond donors (Lipinski definition) is 1. The molecule has 25 heavy (non-hydrogen) atoms. The van der Waals surface area contributed by atoms with Crippen LogP contribution in [0.3, 0.4) is 0 Å². The summed E-state index contributed by atoms with van der Waals surface area (Å²) in [5.74, 6) is -1.26. The molecule has 136 valence electrons. The van der Waals surface area contributed by atoms with E-state index in [4.69, 9.17) is 16.3 Å². The molecule has 7 nitrogen and oxygen atoms in total. The first kappa shape index (κ1) is 20.9. The fourth-order valence-corrected chi connectivity index (χ4v) is 3.09. The lowest BCUT2D eigenvalue weighted by atomic mass is 10.2. The second kappa shape index (κ2) is 9.36. The summed E-state index contributed by atoms with van der Waals surface area (Å²) in [7, 11) is -2.61. The predicted octanol–water partition coefficient (Wildman–Crippen LogP) is 1.61. The Morgan fingerprint density at radius 1 is 1.28 bits per heavy atom. The number of esters is 1. The molecular weight excluding hydrogens is 368 g/mol. The fraction of sp³-hybridized carbons (Fsp3) is 0.250. The predicted molar refractivity (Wildman–Crippen MR) is 95.0 cm³/mol. The van der Waals surface area contributed by atoms with Crippen molar-refractivity contribution in [3.63, 3.8) is 0 Å². The average molecular weight is 387 g/mol. The van der Waals surface area contributed by atoms with E-state index in [1.807, 2.05) is 0 Å². The summed E-state index contributed by atoms with van der Waals surface area (Å²) in [4.78, 5) is 25.2. The summed E-state index contributed by atoms with van der Waals surface area (Å²) in [6, 6.07) is 3.67. The number of benzene rings is 1. The molecule has 1 aromatic carbocycles. The number of hydrogen-bond acceptors (Lipinski definition) is 5. The second-order valence-electron chi connectivity index (χ2n) is 4.80. The molecule has 1 N–H and O–H groups in total. The van der Waals surface area contributed by atoms with Crippen LogP contribution in [0.15, 0.2) is 48.4 Å². The molecule has 0 aliphatic carbocycles. The van der Waals surface area contributed by atoms with Gasteiger partial charge < -0.3 is 9.64 Å². The molecule has 0 spiro atoms. The van der Waals surface area contributed by atoms with Crippen molar-refractivity contribution in [1.82, 2.24) is 9.62 Å². The Morgan fingerprint density at radius 3 is 2.40 bits per heavy atom.